The van der Waals surface area contributed by atoms with Gasteiger partial charge in [-0.15, -0.1) is 0 Å². The Kier molecular flexibility index (Phi) is 6.29. The van der Waals surface area contributed by atoms with E-state index in [4.69, 9.17) is 9.47 Å². The van der Waals surface area contributed by atoms with Gasteiger partial charge in [0.1, 0.15) is 11.8 Å². The summed E-state index contributed by atoms with van der Waals surface area (Å²) in [5.41, 5.74) is 0.865. The van der Waals surface area contributed by atoms with E-state index in [0.717, 1.165) is 11.3 Å². The average Bonchev–Trinajstić information content (AvgIpc) is 2.45. The third-order valence-electron chi connectivity index (χ3n) is 2.54. The molecule has 0 fully saturated rings. The Morgan fingerprint density at radius 2 is 1.95 bits per heavy atom. The van der Waals surface area contributed by atoms with E-state index >= 15 is 0 Å². The molecule has 1 atom stereocenters. The number of nitrogens with one attached hydrogen (secondary N) is 1. The molecule has 0 saturated heterocycles. The standard InChI is InChI=1S/C15H19NO4/c1-4-20-15(18)11(2)16-14(17)10-7-12-5-8-13(19-3)9-6-12/h5-11H,4H2,1-3H3,(H,16,17)/b10-7+. The van der Waals surface area contributed by atoms with Crippen LogP contribution in [0.1, 0.15) is 19.4 Å². The minimum Gasteiger partial charge on any atom is -0.497 e. The number of benzene rings is 1. The van der Waals surface area contributed by atoms with E-state index < -0.39 is 12.0 Å². The second-order valence-electron chi connectivity index (χ2n) is 4.09. The third-order valence-corrected chi connectivity index (χ3v) is 2.54. The van der Waals surface area contributed by atoms with Crippen LogP contribution in [0.15, 0.2) is 30.3 Å². The predicted molar refractivity (Wildman–Crippen MR) is 76.3 cm³/mol. The molecule has 0 aromatic heterocycles. The van der Waals surface area contributed by atoms with Crippen molar-refractivity contribution in [3.05, 3.63) is 35.9 Å². The first-order valence-electron chi connectivity index (χ1n) is 6.36. The van der Waals surface area contributed by atoms with Crippen LogP contribution in [0.4, 0.5) is 0 Å². The molecule has 5 heteroatoms. The van der Waals surface area contributed by atoms with Crippen molar-refractivity contribution in [2.45, 2.75) is 19.9 Å². The lowest BCUT2D eigenvalue weighted by molar-refractivity contribution is -0.146. The molecule has 1 N–H and O–H groups in total. The summed E-state index contributed by atoms with van der Waals surface area (Å²) < 4.78 is 9.84. The van der Waals surface area contributed by atoms with Crippen LogP contribution in [0.5, 0.6) is 5.75 Å². The second-order valence-corrected chi connectivity index (χ2v) is 4.09. The van der Waals surface area contributed by atoms with Crippen molar-refractivity contribution in [1.29, 1.82) is 0 Å². The maximum Gasteiger partial charge on any atom is 0.328 e. The summed E-state index contributed by atoms with van der Waals surface area (Å²) in [6.45, 7) is 3.59. The molecule has 108 valence electrons. The van der Waals surface area contributed by atoms with Crippen LogP contribution < -0.4 is 10.1 Å². The van der Waals surface area contributed by atoms with E-state index in [1.54, 1.807) is 39.2 Å². The number of hydrogen-bond donors (Lipinski definition) is 1. The van der Waals surface area contributed by atoms with Gasteiger partial charge in [-0.25, -0.2) is 4.79 Å². The minimum absolute atomic E-state index is 0.292. The number of methoxy groups -OCH3 is 1. The first-order valence-corrected chi connectivity index (χ1v) is 6.36. The van der Waals surface area contributed by atoms with Gasteiger partial charge in [0.15, 0.2) is 0 Å². The van der Waals surface area contributed by atoms with E-state index in [0.29, 0.717) is 6.61 Å². The largest absolute Gasteiger partial charge is 0.497 e. The predicted octanol–water partition coefficient (Wildman–Crippen LogP) is 1.78. The molecule has 0 spiro atoms. The van der Waals surface area contributed by atoms with Crippen LogP contribution in [0.2, 0.25) is 0 Å². The molecule has 0 heterocycles. The minimum atomic E-state index is -0.664. The Balaban J connectivity index is 2.52. The Morgan fingerprint density at radius 1 is 1.30 bits per heavy atom. The molecular formula is C15H19NO4. The Labute approximate surface area is 118 Å². The smallest absolute Gasteiger partial charge is 0.328 e. The second kappa shape index (κ2) is 7.99. The summed E-state index contributed by atoms with van der Waals surface area (Å²) in [4.78, 5) is 23.0. The van der Waals surface area contributed by atoms with E-state index in [-0.39, 0.29) is 5.91 Å². The summed E-state index contributed by atoms with van der Waals surface area (Å²) in [6, 6.07) is 6.61. The fourth-order valence-electron chi connectivity index (χ4n) is 1.47. The summed E-state index contributed by atoms with van der Waals surface area (Å²) >= 11 is 0. The quantitative estimate of drug-likeness (QED) is 0.636. The highest BCUT2D eigenvalue weighted by Crippen LogP contribution is 2.12. The van der Waals surface area contributed by atoms with Crippen LogP contribution in [0.3, 0.4) is 0 Å². The molecule has 0 bridgehead atoms. The third kappa shape index (κ3) is 5.14. The van der Waals surface area contributed by atoms with Gasteiger partial charge in [0.25, 0.3) is 0 Å². The SMILES string of the molecule is CCOC(=O)C(C)NC(=O)/C=C/c1ccc(OC)cc1. The Morgan fingerprint density at radius 3 is 2.50 bits per heavy atom. The average molecular weight is 277 g/mol. The molecule has 1 rings (SSSR count). The lowest BCUT2D eigenvalue weighted by atomic mass is 10.2. The van der Waals surface area contributed by atoms with Gasteiger partial charge in [-0.3, -0.25) is 4.79 Å². The number of amides is 1. The van der Waals surface area contributed by atoms with Gasteiger partial charge >= 0.3 is 5.97 Å². The zero-order valence-corrected chi connectivity index (χ0v) is 11.9. The molecule has 0 saturated carbocycles. The Bertz CT molecular complexity index is 479. The van der Waals surface area contributed by atoms with Gasteiger partial charge in [0.05, 0.1) is 13.7 Å². The summed E-state index contributed by atoms with van der Waals surface area (Å²) in [7, 11) is 1.59. The van der Waals surface area contributed by atoms with Crippen molar-refractivity contribution in [2.75, 3.05) is 13.7 Å². The molecule has 1 amide bonds. The van der Waals surface area contributed by atoms with Crippen LogP contribution in [-0.2, 0) is 14.3 Å². The lowest BCUT2D eigenvalue weighted by Gasteiger charge is -2.10. The number of rotatable bonds is 6. The van der Waals surface area contributed by atoms with E-state index in [9.17, 15) is 9.59 Å². The van der Waals surface area contributed by atoms with E-state index in [2.05, 4.69) is 5.32 Å². The van der Waals surface area contributed by atoms with Crippen molar-refractivity contribution in [1.82, 2.24) is 5.32 Å². The maximum absolute atomic E-state index is 11.6. The number of esters is 1. The fourth-order valence-corrected chi connectivity index (χ4v) is 1.47. The summed E-state index contributed by atoms with van der Waals surface area (Å²) in [5, 5.41) is 2.53. The van der Waals surface area contributed by atoms with Crippen molar-refractivity contribution in [2.24, 2.45) is 0 Å². The molecule has 0 radical (unpaired) electrons. The lowest BCUT2D eigenvalue weighted by Crippen LogP contribution is -2.38. The molecule has 0 aliphatic heterocycles. The molecule has 1 unspecified atom stereocenters. The number of carbonyl (C=O) groups is 2. The van der Waals surface area contributed by atoms with Crippen LogP contribution in [-0.4, -0.2) is 31.6 Å². The number of carbonyl (C=O) groups excluding carboxylic acids is 2. The maximum atomic E-state index is 11.6. The summed E-state index contributed by atoms with van der Waals surface area (Å²) in [6.07, 6.45) is 3.03. The van der Waals surface area contributed by atoms with Crippen molar-refractivity contribution in [3.63, 3.8) is 0 Å². The fraction of sp³-hybridized carbons (Fsp3) is 0.333. The molecule has 20 heavy (non-hydrogen) atoms. The van der Waals surface area contributed by atoms with Crippen molar-refractivity contribution >= 4 is 18.0 Å². The van der Waals surface area contributed by atoms with Crippen molar-refractivity contribution < 1.29 is 19.1 Å². The highest BCUT2D eigenvalue weighted by Gasteiger charge is 2.14. The molecular weight excluding hydrogens is 258 g/mol. The van der Waals surface area contributed by atoms with Gasteiger partial charge < -0.3 is 14.8 Å². The van der Waals surface area contributed by atoms with Crippen LogP contribution in [0, 0.1) is 0 Å². The van der Waals surface area contributed by atoms with Crippen LogP contribution >= 0.6 is 0 Å². The molecule has 0 aliphatic rings. The monoisotopic (exact) mass is 277 g/mol. The molecule has 5 nitrogen and oxygen atoms in total. The van der Waals surface area contributed by atoms with Gasteiger partial charge in [0, 0.05) is 6.08 Å². The van der Waals surface area contributed by atoms with Gasteiger partial charge in [-0.05, 0) is 37.6 Å². The first kappa shape index (κ1) is 15.8. The van der Waals surface area contributed by atoms with E-state index in [1.165, 1.54) is 6.08 Å². The zero-order valence-electron chi connectivity index (χ0n) is 11.9. The Hall–Kier alpha value is -2.30. The summed E-state index contributed by atoms with van der Waals surface area (Å²) in [5.74, 6) is -0.0393. The highest BCUT2D eigenvalue weighted by atomic mass is 16.5. The molecule has 1 aromatic carbocycles. The van der Waals surface area contributed by atoms with Crippen LogP contribution in [0.25, 0.3) is 6.08 Å². The number of ether oxygens (including phenoxy) is 2. The number of hydrogen-bond acceptors (Lipinski definition) is 4. The first-order chi connectivity index (χ1) is 9.56. The van der Waals surface area contributed by atoms with E-state index in [1.807, 2.05) is 12.1 Å². The van der Waals surface area contributed by atoms with Gasteiger partial charge in [-0.2, -0.15) is 0 Å². The van der Waals surface area contributed by atoms with Crippen molar-refractivity contribution in [3.8, 4) is 5.75 Å². The normalized spacial score (nSPS) is 11.9. The van der Waals surface area contributed by atoms with Gasteiger partial charge in [0.2, 0.25) is 5.91 Å². The molecule has 0 aliphatic carbocycles. The molecule has 1 aromatic rings. The topological polar surface area (TPSA) is 64.6 Å². The van der Waals surface area contributed by atoms with Gasteiger partial charge in [-0.1, -0.05) is 12.1 Å². The highest BCUT2D eigenvalue weighted by molar-refractivity contribution is 5.94. The zero-order chi connectivity index (χ0) is 15.0.